The van der Waals surface area contributed by atoms with Gasteiger partial charge in [0.1, 0.15) is 16.2 Å². The minimum Gasteiger partial charge on any atom is -0.329 e. The van der Waals surface area contributed by atoms with Crippen LogP contribution < -0.4 is 4.90 Å². The quantitative estimate of drug-likeness (QED) is 0.767. The summed E-state index contributed by atoms with van der Waals surface area (Å²) in [6, 6.07) is 11.5. The van der Waals surface area contributed by atoms with Crippen molar-refractivity contribution in [2.24, 2.45) is 0 Å². The zero-order chi connectivity index (χ0) is 15.6. The normalized spacial score (nSPS) is 11.0. The average molecular weight is 345 g/mol. The first kappa shape index (κ1) is 15.5. The lowest BCUT2D eigenvalue weighted by atomic mass is 9.96. The van der Waals surface area contributed by atoms with Gasteiger partial charge >= 0.3 is 0 Å². The van der Waals surface area contributed by atoms with Crippen molar-refractivity contribution in [3.63, 3.8) is 0 Å². The van der Waals surface area contributed by atoms with E-state index in [4.69, 9.17) is 5.26 Å². The van der Waals surface area contributed by atoms with Gasteiger partial charge < -0.3 is 4.90 Å². The topological polar surface area (TPSA) is 52.8 Å². The molecule has 0 N–H and O–H groups in total. The molecule has 0 fully saturated rings. The van der Waals surface area contributed by atoms with E-state index in [0.29, 0.717) is 5.56 Å². The molecule has 108 valence electrons. The van der Waals surface area contributed by atoms with Crippen LogP contribution in [0.1, 0.15) is 32.2 Å². The summed E-state index contributed by atoms with van der Waals surface area (Å²) >= 11 is 3.44. The zero-order valence-corrected chi connectivity index (χ0v) is 14.1. The van der Waals surface area contributed by atoms with Crippen LogP contribution in [0, 0.1) is 11.3 Å². The predicted molar refractivity (Wildman–Crippen MR) is 87.7 cm³/mol. The largest absolute Gasteiger partial charge is 0.329 e. The monoisotopic (exact) mass is 344 g/mol. The predicted octanol–water partition coefficient (Wildman–Crippen LogP) is 4.18. The molecule has 0 bridgehead atoms. The van der Waals surface area contributed by atoms with E-state index >= 15 is 0 Å². The molecular formula is C16H17BrN4. The first-order valence-corrected chi connectivity index (χ1v) is 7.39. The molecule has 0 aliphatic carbocycles. The van der Waals surface area contributed by atoms with Crippen LogP contribution in [0.4, 0.5) is 11.5 Å². The summed E-state index contributed by atoms with van der Waals surface area (Å²) in [6.07, 6.45) is 0. The van der Waals surface area contributed by atoms with Crippen LogP contribution >= 0.6 is 15.9 Å². The van der Waals surface area contributed by atoms with Crippen molar-refractivity contribution in [1.29, 1.82) is 5.26 Å². The second-order valence-electron chi connectivity index (χ2n) is 5.84. The number of nitriles is 1. The Morgan fingerprint density at radius 2 is 1.90 bits per heavy atom. The first-order chi connectivity index (χ1) is 9.81. The fraction of sp³-hybridized carbons (Fsp3) is 0.312. The minimum absolute atomic E-state index is 0.131. The summed E-state index contributed by atoms with van der Waals surface area (Å²) in [4.78, 5) is 11.0. The van der Waals surface area contributed by atoms with E-state index in [1.165, 1.54) is 0 Å². The lowest BCUT2D eigenvalue weighted by Crippen LogP contribution is -2.19. The van der Waals surface area contributed by atoms with Gasteiger partial charge in [0.05, 0.1) is 11.6 Å². The molecule has 0 amide bonds. The van der Waals surface area contributed by atoms with Crippen LogP contribution in [-0.2, 0) is 5.41 Å². The molecule has 21 heavy (non-hydrogen) atoms. The molecule has 0 aliphatic heterocycles. The summed E-state index contributed by atoms with van der Waals surface area (Å²) in [5.74, 6) is 1.56. The van der Waals surface area contributed by atoms with Gasteiger partial charge in [-0.2, -0.15) is 5.26 Å². The van der Waals surface area contributed by atoms with Crippen molar-refractivity contribution in [3.05, 3.63) is 46.3 Å². The molecule has 1 aromatic heterocycles. The van der Waals surface area contributed by atoms with E-state index in [2.05, 4.69) is 52.7 Å². The lowest BCUT2D eigenvalue weighted by molar-refractivity contribution is 0.543. The van der Waals surface area contributed by atoms with Gasteiger partial charge in [-0.25, -0.2) is 9.97 Å². The van der Waals surface area contributed by atoms with Gasteiger partial charge in [0.25, 0.3) is 0 Å². The van der Waals surface area contributed by atoms with Gasteiger partial charge in [-0.3, -0.25) is 0 Å². The second-order valence-corrected chi connectivity index (χ2v) is 6.66. The van der Waals surface area contributed by atoms with Gasteiger partial charge in [-0.1, -0.05) is 26.8 Å². The van der Waals surface area contributed by atoms with E-state index in [9.17, 15) is 0 Å². The van der Waals surface area contributed by atoms with Gasteiger partial charge in [0, 0.05) is 24.2 Å². The molecule has 0 unspecified atom stereocenters. The third-order valence-electron chi connectivity index (χ3n) is 3.06. The molecule has 1 heterocycles. The molecule has 0 radical (unpaired) electrons. The average Bonchev–Trinajstić information content (AvgIpc) is 2.45. The summed E-state index contributed by atoms with van der Waals surface area (Å²) < 4.78 is 0.751. The van der Waals surface area contributed by atoms with E-state index in [1.54, 1.807) is 6.07 Å². The Bertz CT molecular complexity index is 698. The maximum Gasteiger partial charge on any atom is 0.137 e. The van der Waals surface area contributed by atoms with E-state index in [-0.39, 0.29) is 5.41 Å². The third-order valence-corrected chi connectivity index (χ3v) is 3.46. The number of nitrogens with zero attached hydrogens (tertiary/aromatic N) is 4. The third kappa shape index (κ3) is 3.59. The summed E-state index contributed by atoms with van der Waals surface area (Å²) in [7, 11) is 1.93. The number of benzene rings is 1. The molecule has 1 aromatic carbocycles. The number of hydrogen-bond donors (Lipinski definition) is 0. The van der Waals surface area contributed by atoms with Gasteiger partial charge in [0.2, 0.25) is 0 Å². The van der Waals surface area contributed by atoms with Crippen LogP contribution in [0.3, 0.4) is 0 Å². The Balaban J connectivity index is 2.46. The highest BCUT2D eigenvalue weighted by molar-refractivity contribution is 9.10. The number of aromatic nitrogens is 2. The van der Waals surface area contributed by atoms with Crippen LogP contribution in [0.5, 0.6) is 0 Å². The van der Waals surface area contributed by atoms with Crippen LogP contribution in [0.25, 0.3) is 0 Å². The van der Waals surface area contributed by atoms with Crippen molar-refractivity contribution in [2.45, 2.75) is 26.2 Å². The number of halogens is 1. The van der Waals surface area contributed by atoms with E-state index in [1.807, 2.05) is 36.2 Å². The molecule has 5 heteroatoms. The molecular weight excluding hydrogens is 328 g/mol. The summed E-state index contributed by atoms with van der Waals surface area (Å²) in [5, 5.41) is 9.01. The molecule has 0 spiro atoms. The van der Waals surface area contributed by atoms with E-state index < -0.39 is 0 Å². The molecule has 0 atom stereocenters. The Labute approximate surface area is 133 Å². The van der Waals surface area contributed by atoms with E-state index in [0.717, 1.165) is 21.9 Å². The van der Waals surface area contributed by atoms with Crippen molar-refractivity contribution in [2.75, 3.05) is 11.9 Å². The number of rotatable bonds is 2. The molecule has 2 rings (SSSR count). The Morgan fingerprint density at radius 3 is 2.52 bits per heavy atom. The van der Waals surface area contributed by atoms with Crippen LogP contribution in [0.15, 0.2) is 34.9 Å². The summed E-state index contributed by atoms with van der Waals surface area (Å²) in [6.45, 7) is 6.23. The molecule has 0 saturated heterocycles. The summed E-state index contributed by atoms with van der Waals surface area (Å²) in [5.41, 5.74) is 1.41. The fourth-order valence-electron chi connectivity index (χ4n) is 1.83. The smallest absolute Gasteiger partial charge is 0.137 e. The maximum atomic E-state index is 9.01. The molecule has 4 nitrogen and oxygen atoms in total. The van der Waals surface area contributed by atoms with Crippen LogP contribution in [0.2, 0.25) is 0 Å². The van der Waals surface area contributed by atoms with Crippen molar-refractivity contribution in [1.82, 2.24) is 9.97 Å². The lowest BCUT2D eigenvalue weighted by Gasteiger charge is -2.22. The highest BCUT2D eigenvalue weighted by Gasteiger charge is 2.20. The highest BCUT2D eigenvalue weighted by Crippen LogP contribution is 2.27. The van der Waals surface area contributed by atoms with Crippen molar-refractivity contribution >= 4 is 27.4 Å². The van der Waals surface area contributed by atoms with Crippen molar-refractivity contribution in [3.8, 4) is 6.07 Å². The van der Waals surface area contributed by atoms with Crippen molar-refractivity contribution < 1.29 is 0 Å². The Kier molecular flexibility index (Phi) is 4.29. The minimum atomic E-state index is -0.131. The van der Waals surface area contributed by atoms with Crippen LogP contribution in [-0.4, -0.2) is 17.0 Å². The van der Waals surface area contributed by atoms with Gasteiger partial charge in [-0.15, -0.1) is 0 Å². The molecule has 0 aliphatic rings. The Morgan fingerprint density at radius 1 is 1.19 bits per heavy atom. The fourth-order valence-corrected chi connectivity index (χ4v) is 2.20. The molecule has 0 saturated carbocycles. The number of anilines is 2. The standard InChI is InChI=1S/C16H17BrN4/c1-16(2,3)15-19-13(17)9-14(20-15)21(4)12-7-5-6-11(8-12)10-18/h5-9H,1-4H3. The van der Waals surface area contributed by atoms with Gasteiger partial charge in [-0.05, 0) is 34.1 Å². The highest BCUT2D eigenvalue weighted by atomic mass is 79.9. The Hall–Kier alpha value is -1.93. The first-order valence-electron chi connectivity index (χ1n) is 6.60. The second kappa shape index (κ2) is 5.82. The maximum absolute atomic E-state index is 9.01. The molecule has 2 aromatic rings. The number of hydrogen-bond acceptors (Lipinski definition) is 4. The SMILES string of the molecule is CN(c1cccc(C#N)c1)c1cc(Br)nc(C(C)(C)C)n1. The van der Waals surface area contributed by atoms with Gasteiger partial charge in [0.15, 0.2) is 0 Å². The zero-order valence-electron chi connectivity index (χ0n) is 12.6.